The Morgan fingerprint density at radius 3 is 2.63 bits per heavy atom. The maximum atomic E-state index is 12.4. The van der Waals surface area contributed by atoms with Gasteiger partial charge in [-0.1, -0.05) is 0 Å². The van der Waals surface area contributed by atoms with Gasteiger partial charge in [-0.3, -0.25) is 18.7 Å². The predicted octanol–water partition coefficient (Wildman–Crippen LogP) is 0.135. The van der Waals surface area contributed by atoms with E-state index in [-0.39, 0.29) is 18.9 Å². The molecule has 0 fully saturated rings. The highest BCUT2D eigenvalue weighted by molar-refractivity contribution is 5.75. The van der Waals surface area contributed by atoms with Crippen molar-refractivity contribution in [1.29, 1.82) is 0 Å². The lowest BCUT2D eigenvalue weighted by atomic mass is 10.3. The van der Waals surface area contributed by atoms with Crippen LogP contribution in [0.4, 0.5) is 0 Å². The Bertz CT molecular complexity index is 1100. The molecule has 0 radical (unpaired) electrons. The summed E-state index contributed by atoms with van der Waals surface area (Å²) in [6.07, 6.45) is 2.32. The second kappa shape index (κ2) is 7.22. The van der Waals surface area contributed by atoms with Crippen LogP contribution in [0.15, 0.2) is 20.3 Å². The van der Waals surface area contributed by atoms with E-state index in [1.807, 2.05) is 13.8 Å². The molecule has 0 aromatic carbocycles. The first-order chi connectivity index (χ1) is 12.8. The van der Waals surface area contributed by atoms with Gasteiger partial charge < -0.3 is 14.3 Å². The summed E-state index contributed by atoms with van der Waals surface area (Å²) in [7, 11) is 3.00. The van der Waals surface area contributed by atoms with Crippen LogP contribution in [0.25, 0.3) is 11.2 Å². The number of carbonyl (C=O) groups is 1. The molecule has 3 aromatic heterocycles. The van der Waals surface area contributed by atoms with Crippen LogP contribution in [0, 0.1) is 13.8 Å². The number of nitrogens with zero attached hydrogens (tertiary/aromatic N) is 5. The molecule has 10 nitrogen and oxygen atoms in total. The highest BCUT2D eigenvalue weighted by Crippen LogP contribution is 2.09. The molecular formula is C17H22N6O4. The van der Waals surface area contributed by atoms with Crippen LogP contribution in [-0.2, 0) is 32.0 Å². The van der Waals surface area contributed by atoms with Crippen LogP contribution in [0.3, 0.4) is 0 Å². The second-order valence-corrected chi connectivity index (χ2v) is 6.45. The third kappa shape index (κ3) is 3.55. The molecule has 3 aromatic rings. The third-order valence-corrected chi connectivity index (χ3v) is 4.53. The van der Waals surface area contributed by atoms with Crippen LogP contribution >= 0.6 is 0 Å². The maximum absolute atomic E-state index is 12.4. The van der Waals surface area contributed by atoms with E-state index in [1.54, 1.807) is 11.6 Å². The molecule has 3 heterocycles. The van der Waals surface area contributed by atoms with Crippen molar-refractivity contribution in [2.45, 2.75) is 39.8 Å². The largest absolute Gasteiger partial charge is 0.444 e. The molecule has 0 spiro atoms. The first-order valence-corrected chi connectivity index (χ1v) is 8.60. The number of carbonyl (C=O) groups excluding carboxylic acids is 1. The van der Waals surface area contributed by atoms with Gasteiger partial charge in [0.1, 0.15) is 5.76 Å². The van der Waals surface area contributed by atoms with E-state index in [0.29, 0.717) is 30.0 Å². The fraction of sp³-hybridized carbons (Fsp3) is 0.471. The van der Waals surface area contributed by atoms with Crippen LogP contribution in [0.1, 0.15) is 30.2 Å². The van der Waals surface area contributed by atoms with E-state index in [2.05, 4.69) is 15.3 Å². The van der Waals surface area contributed by atoms with Crippen molar-refractivity contribution in [2.75, 3.05) is 0 Å². The predicted molar refractivity (Wildman–Crippen MR) is 97.3 cm³/mol. The zero-order valence-corrected chi connectivity index (χ0v) is 15.8. The maximum Gasteiger partial charge on any atom is 0.332 e. The Balaban J connectivity index is 1.61. The first kappa shape index (κ1) is 18.6. The van der Waals surface area contributed by atoms with Crippen molar-refractivity contribution in [3.05, 3.63) is 44.5 Å². The Morgan fingerprint density at radius 2 is 1.96 bits per heavy atom. The number of hydrogen-bond donors (Lipinski definition) is 1. The number of aryl methyl sites for hydroxylation is 4. The van der Waals surface area contributed by atoms with Gasteiger partial charge in [0, 0.05) is 27.1 Å². The van der Waals surface area contributed by atoms with Gasteiger partial charge >= 0.3 is 5.69 Å². The summed E-state index contributed by atoms with van der Waals surface area (Å²) >= 11 is 0. The quantitative estimate of drug-likeness (QED) is 0.656. The van der Waals surface area contributed by atoms with E-state index in [9.17, 15) is 14.4 Å². The van der Waals surface area contributed by atoms with Crippen LogP contribution in [0.2, 0.25) is 0 Å². The fourth-order valence-corrected chi connectivity index (χ4v) is 2.85. The van der Waals surface area contributed by atoms with Gasteiger partial charge in [0.15, 0.2) is 11.2 Å². The highest BCUT2D eigenvalue weighted by Gasteiger charge is 2.14. The smallest absolute Gasteiger partial charge is 0.332 e. The van der Waals surface area contributed by atoms with E-state index in [4.69, 9.17) is 4.42 Å². The van der Waals surface area contributed by atoms with E-state index in [0.717, 1.165) is 16.0 Å². The number of oxazole rings is 1. The average Bonchev–Trinajstić information content (AvgIpc) is 3.20. The highest BCUT2D eigenvalue weighted by atomic mass is 16.4. The monoisotopic (exact) mass is 374 g/mol. The first-order valence-electron chi connectivity index (χ1n) is 8.60. The van der Waals surface area contributed by atoms with Crippen molar-refractivity contribution in [3.8, 4) is 0 Å². The van der Waals surface area contributed by atoms with Gasteiger partial charge in [0.2, 0.25) is 11.8 Å². The molecule has 0 saturated heterocycles. The minimum Gasteiger partial charge on any atom is -0.444 e. The summed E-state index contributed by atoms with van der Waals surface area (Å²) in [4.78, 5) is 44.7. The molecule has 0 aliphatic rings. The van der Waals surface area contributed by atoms with Gasteiger partial charge in [-0.15, -0.1) is 0 Å². The summed E-state index contributed by atoms with van der Waals surface area (Å²) in [6.45, 7) is 4.35. The molecule has 3 rings (SSSR count). The molecule has 0 bridgehead atoms. The molecule has 0 aliphatic heterocycles. The lowest BCUT2D eigenvalue weighted by Crippen LogP contribution is -2.37. The number of amides is 1. The van der Waals surface area contributed by atoms with Gasteiger partial charge in [0.25, 0.3) is 5.56 Å². The van der Waals surface area contributed by atoms with Crippen LogP contribution < -0.4 is 16.6 Å². The zero-order chi connectivity index (χ0) is 19.7. The van der Waals surface area contributed by atoms with Gasteiger partial charge in [-0.05, 0) is 20.3 Å². The Labute approximate surface area is 154 Å². The van der Waals surface area contributed by atoms with Gasteiger partial charge in [-0.2, -0.15) is 0 Å². The Kier molecular flexibility index (Phi) is 4.98. The molecular weight excluding hydrogens is 352 g/mol. The Morgan fingerprint density at radius 1 is 1.22 bits per heavy atom. The van der Waals surface area contributed by atoms with Gasteiger partial charge in [-0.25, -0.2) is 14.8 Å². The SMILES string of the molecule is Cc1nc(CNC(=O)CCCn2cnc3c2c(=O)n(C)c(=O)n3C)oc1C. The Hall–Kier alpha value is -3.17. The molecule has 0 saturated carbocycles. The van der Waals surface area contributed by atoms with Crippen molar-refractivity contribution < 1.29 is 9.21 Å². The lowest BCUT2D eigenvalue weighted by Gasteiger charge is -2.07. The molecule has 0 unspecified atom stereocenters. The molecule has 0 atom stereocenters. The van der Waals surface area contributed by atoms with E-state index >= 15 is 0 Å². The summed E-state index contributed by atoms with van der Waals surface area (Å²) in [5, 5.41) is 2.76. The standard InChI is InChI=1S/C17H22N6O4/c1-10-11(2)27-13(20-10)8-18-12(24)6-5-7-23-9-19-15-14(23)16(25)22(4)17(26)21(15)3/h9H,5-8H2,1-4H3,(H,18,24). The average molecular weight is 374 g/mol. The summed E-state index contributed by atoms with van der Waals surface area (Å²) in [5.74, 6) is 1.08. The molecule has 1 amide bonds. The number of imidazole rings is 1. The second-order valence-electron chi connectivity index (χ2n) is 6.45. The number of aromatic nitrogens is 5. The number of nitrogens with one attached hydrogen (secondary N) is 1. The van der Waals surface area contributed by atoms with Crippen molar-refractivity contribution in [3.63, 3.8) is 0 Å². The normalized spacial score (nSPS) is 11.3. The van der Waals surface area contributed by atoms with Crippen molar-refractivity contribution in [2.24, 2.45) is 14.1 Å². The van der Waals surface area contributed by atoms with Gasteiger partial charge in [0.05, 0.1) is 18.6 Å². The summed E-state index contributed by atoms with van der Waals surface area (Å²) < 4.78 is 9.47. The minimum absolute atomic E-state index is 0.131. The lowest BCUT2D eigenvalue weighted by molar-refractivity contribution is -0.121. The number of rotatable bonds is 6. The molecule has 10 heteroatoms. The number of hydrogen-bond acceptors (Lipinski definition) is 6. The molecule has 144 valence electrons. The topological polar surface area (TPSA) is 117 Å². The van der Waals surface area contributed by atoms with E-state index < -0.39 is 11.2 Å². The molecule has 27 heavy (non-hydrogen) atoms. The zero-order valence-electron chi connectivity index (χ0n) is 15.8. The van der Waals surface area contributed by atoms with Crippen LogP contribution in [-0.4, -0.2) is 29.6 Å². The number of fused-ring (bicyclic) bond motifs is 1. The molecule has 1 N–H and O–H groups in total. The van der Waals surface area contributed by atoms with Crippen LogP contribution in [0.5, 0.6) is 0 Å². The third-order valence-electron chi connectivity index (χ3n) is 4.53. The molecule has 0 aliphatic carbocycles. The van der Waals surface area contributed by atoms with Crippen molar-refractivity contribution >= 4 is 17.1 Å². The fourth-order valence-electron chi connectivity index (χ4n) is 2.85. The minimum atomic E-state index is -0.422. The summed E-state index contributed by atoms with van der Waals surface area (Å²) in [5.41, 5.74) is 0.675. The van der Waals surface area contributed by atoms with Crippen molar-refractivity contribution in [1.82, 2.24) is 29.0 Å². The van der Waals surface area contributed by atoms with E-state index in [1.165, 1.54) is 17.9 Å². The summed E-state index contributed by atoms with van der Waals surface area (Å²) in [6, 6.07) is 0.